The zero-order valence-corrected chi connectivity index (χ0v) is 13.1. The molecule has 2 atom stereocenters. The Labute approximate surface area is 127 Å². The lowest BCUT2D eigenvalue weighted by Gasteiger charge is -2.16. The summed E-state index contributed by atoms with van der Waals surface area (Å²) in [6.07, 6.45) is 1.77. The molecule has 4 nitrogen and oxygen atoms in total. The topological polar surface area (TPSA) is 47.6 Å². The van der Waals surface area contributed by atoms with Crippen LogP contribution in [0.2, 0.25) is 0 Å². The third-order valence-corrected chi connectivity index (χ3v) is 4.00. The number of carbonyl (C=O) groups is 1. The van der Waals surface area contributed by atoms with Crippen molar-refractivity contribution >= 4 is 34.2 Å². The highest BCUT2D eigenvalue weighted by Gasteiger charge is 2.20. The van der Waals surface area contributed by atoms with Gasteiger partial charge in [0.25, 0.3) is 5.91 Å². The van der Waals surface area contributed by atoms with Crippen LogP contribution in [0.1, 0.15) is 19.8 Å². The van der Waals surface area contributed by atoms with Crippen LogP contribution in [0, 0.1) is 3.57 Å². The lowest BCUT2D eigenvalue weighted by atomic mass is 10.2. The highest BCUT2D eigenvalue weighted by atomic mass is 127. The molecule has 1 aromatic carbocycles. The predicted molar refractivity (Wildman–Crippen MR) is 82.2 cm³/mol. The quantitative estimate of drug-likeness (QED) is 0.806. The summed E-state index contributed by atoms with van der Waals surface area (Å²) in [6.45, 7) is 3.05. The molecule has 1 saturated heterocycles. The van der Waals surface area contributed by atoms with Crippen LogP contribution >= 0.6 is 22.6 Å². The van der Waals surface area contributed by atoms with Gasteiger partial charge in [-0.3, -0.25) is 4.79 Å². The maximum absolute atomic E-state index is 12.0. The number of anilines is 1. The summed E-state index contributed by atoms with van der Waals surface area (Å²) in [5, 5.41) is 2.87. The van der Waals surface area contributed by atoms with Gasteiger partial charge in [0.15, 0.2) is 0 Å². The summed E-state index contributed by atoms with van der Waals surface area (Å²) in [6, 6.07) is 7.67. The molecule has 1 aliphatic heterocycles. The molecule has 1 heterocycles. The monoisotopic (exact) mass is 375 g/mol. The summed E-state index contributed by atoms with van der Waals surface area (Å²) in [5.41, 5.74) is 0.820. The van der Waals surface area contributed by atoms with Crippen LogP contribution in [0.4, 0.5) is 5.69 Å². The van der Waals surface area contributed by atoms with E-state index in [1.54, 1.807) is 6.92 Å². The Morgan fingerprint density at radius 3 is 3.05 bits per heavy atom. The van der Waals surface area contributed by atoms with Gasteiger partial charge >= 0.3 is 0 Å². The van der Waals surface area contributed by atoms with Gasteiger partial charge in [-0.2, -0.15) is 0 Å². The van der Waals surface area contributed by atoms with Crippen molar-refractivity contribution in [2.75, 3.05) is 18.5 Å². The van der Waals surface area contributed by atoms with Gasteiger partial charge in [-0.1, -0.05) is 12.1 Å². The van der Waals surface area contributed by atoms with E-state index < -0.39 is 6.10 Å². The average Bonchev–Trinajstić information content (AvgIpc) is 2.91. The predicted octanol–water partition coefficient (Wildman–Crippen LogP) is 2.81. The lowest BCUT2D eigenvalue weighted by Crippen LogP contribution is -2.30. The highest BCUT2D eigenvalue weighted by molar-refractivity contribution is 14.1. The fraction of sp³-hybridized carbons (Fsp3) is 0.500. The molecule has 5 heteroatoms. The van der Waals surface area contributed by atoms with Crippen LogP contribution in [0.5, 0.6) is 0 Å². The highest BCUT2D eigenvalue weighted by Crippen LogP contribution is 2.18. The molecule has 0 bridgehead atoms. The van der Waals surface area contributed by atoms with Gasteiger partial charge in [0, 0.05) is 10.2 Å². The number of hydrogen-bond acceptors (Lipinski definition) is 3. The number of benzene rings is 1. The standard InChI is InChI=1S/C14H18INO3/c1-10(19-9-11-5-4-8-18-11)14(17)16-13-7-3-2-6-12(13)15/h2-3,6-7,10-11H,4-5,8-9H2,1H3,(H,16,17). The number of halogens is 1. The van der Waals surface area contributed by atoms with Crippen LogP contribution < -0.4 is 5.32 Å². The van der Waals surface area contributed by atoms with Crippen molar-refractivity contribution in [3.63, 3.8) is 0 Å². The van der Waals surface area contributed by atoms with E-state index in [9.17, 15) is 4.79 Å². The van der Waals surface area contributed by atoms with E-state index in [1.807, 2.05) is 24.3 Å². The summed E-state index contributed by atoms with van der Waals surface area (Å²) in [5.74, 6) is -0.123. The van der Waals surface area contributed by atoms with Crippen molar-refractivity contribution in [2.24, 2.45) is 0 Å². The smallest absolute Gasteiger partial charge is 0.253 e. The van der Waals surface area contributed by atoms with Crippen molar-refractivity contribution in [3.05, 3.63) is 27.8 Å². The summed E-state index contributed by atoms with van der Waals surface area (Å²) in [7, 11) is 0. The number of ether oxygens (including phenoxy) is 2. The SMILES string of the molecule is CC(OCC1CCCO1)C(=O)Nc1ccccc1I. The molecule has 1 amide bonds. The first-order chi connectivity index (χ1) is 9.16. The Kier molecular flexibility index (Phi) is 5.59. The van der Waals surface area contributed by atoms with E-state index in [-0.39, 0.29) is 12.0 Å². The number of carbonyl (C=O) groups excluding carboxylic acids is 1. The van der Waals surface area contributed by atoms with Gasteiger partial charge in [0.1, 0.15) is 6.10 Å². The number of nitrogens with one attached hydrogen (secondary N) is 1. The molecule has 1 N–H and O–H groups in total. The Bertz CT molecular complexity index is 432. The molecular formula is C14H18INO3. The zero-order chi connectivity index (χ0) is 13.7. The fourth-order valence-corrected chi connectivity index (χ4v) is 2.42. The van der Waals surface area contributed by atoms with E-state index >= 15 is 0 Å². The molecule has 2 unspecified atom stereocenters. The van der Waals surface area contributed by atoms with Gasteiger partial charge in [-0.25, -0.2) is 0 Å². The van der Waals surface area contributed by atoms with Gasteiger partial charge in [0.05, 0.1) is 18.4 Å². The molecule has 19 heavy (non-hydrogen) atoms. The molecule has 0 saturated carbocycles. The minimum absolute atomic E-state index is 0.123. The van der Waals surface area contributed by atoms with Crippen molar-refractivity contribution in [2.45, 2.75) is 32.0 Å². The second-order valence-electron chi connectivity index (χ2n) is 4.58. The lowest BCUT2D eigenvalue weighted by molar-refractivity contribution is -0.128. The largest absolute Gasteiger partial charge is 0.376 e. The van der Waals surface area contributed by atoms with E-state index in [4.69, 9.17) is 9.47 Å². The van der Waals surface area contributed by atoms with Crippen LogP contribution in [0.25, 0.3) is 0 Å². The fourth-order valence-electron chi connectivity index (χ4n) is 1.90. The van der Waals surface area contributed by atoms with E-state index in [1.165, 1.54) is 0 Å². The van der Waals surface area contributed by atoms with E-state index in [0.717, 1.165) is 28.7 Å². The molecule has 1 fully saturated rings. The maximum atomic E-state index is 12.0. The minimum Gasteiger partial charge on any atom is -0.376 e. The summed E-state index contributed by atoms with van der Waals surface area (Å²) in [4.78, 5) is 12.0. The number of hydrogen-bond donors (Lipinski definition) is 1. The van der Waals surface area contributed by atoms with Gasteiger partial charge in [0.2, 0.25) is 0 Å². The normalized spacial score (nSPS) is 20.2. The number of amides is 1. The van der Waals surface area contributed by atoms with Crippen LogP contribution in [-0.2, 0) is 14.3 Å². The molecule has 1 aliphatic rings. The van der Waals surface area contributed by atoms with Gasteiger partial charge < -0.3 is 14.8 Å². The van der Waals surface area contributed by atoms with E-state index in [0.29, 0.717) is 6.61 Å². The second kappa shape index (κ2) is 7.21. The van der Waals surface area contributed by atoms with Crippen molar-refractivity contribution in [1.29, 1.82) is 0 Å². The van der Waals surface area contributed by atoms with Crippen LogP contribution in [0.3, 0.4) is 0 Å². The second-order valence-corrected chi connectivity index (χ2v) is 5.74. The Morgan fingerprint density at radius 1 is 1.58 bits per heavy atom. The first-order valence-electron chi connectivity index (χ1n) is 6.45. The maximum Gasteiger partial charge on any atom is 0.253 e. The van der Waals surface area contributed by atoms with Gasteiger partial charge in [-0.05, 0) is 54.5 Å². The molecule has 0 aliphatic carbocycles. The Balaban J connectivity index is 1.80. The molecule has 0 aromatic heterocycles. The molecule has 1 aromatic rings. The van der Waals surface area contributed by atoms with Crippen molar-refractivity contribution in [3.8, 4) is 0 Å². The Hall–Kier alpha value is -0.660. The number of para-hydroxylation sites is 1. The van der Waals surface area contributed by atoms with Crippen molar-refractivity contribution < 1.29 is 14.3 Å². The third-order valence-electron chi connectivity index (χ3n) is 3.06. The van der Waals surface area contributed by atoms with Crippen LogP contribution in [-0.4, -0.2) is 31.3 Å². The molecule has 2 rings (SSSR count). The summed E-state index contributed by atoms with van der Waals surface area (Å²) >= 11 is 2.19. The Morgan fingerprint density at radius 2 is 2.37 bits per heavy atom. The molecule has 0 radical (unpaired) electrons. The third kappa shape index (κ3) is 4.43. The minimum atomic E-state index is -0.472. The summed E-state index contributed by atoms with van der Waals surface area (Å²) < 4.78 is 12.0. The average molecular weight is 375 g/mol. The number of rotatable bonds is 5. The molecular weight excluding hydrogens is 357 g/mol. The van der Waals surface area contributed by atoms with Crippen LogP contribution in [0.15, 0.2) is 24.3 Å². The van der Waals surface area contributed by atoms with E-state index in [2.05, 4.69) is 27.9 Å². The zero-order valence-electron chi connectivity index (χ0n) is 10.9. The molecule has 104 valence electrons. The van der Waals surface area contributed by atoms with Gasteiger partial charge in [-0.15, -0.1) is 0 Å². The first kappa shape index (κ1) is 14.7. The van der Waals surface area contributed by atoms with Crippen molar-refractivity contribution in [1.82, 2.24) is 0 Å². The first-order valence-corrected chi connectivity index (χ1v) is 7.53. The molecule has 0 spiro atoms.